The number of hydrogen-bond acceptors (Lipinski definition) is 4. The highest BCUT2D eigenvalue weighted by atomic mass is 35.5. The Labute approximate surface area is 230 Å². The van der Waals surface area contributed by atoms with Gasteiger partial charge in [0.15, 0.2) is 0 Å². The number of nitrogens with two attached hydrogens (primary N) is 1. The predicted octanol–water partition coefficient (Wildman–Crippen LogP) is 9.59. The summed E-state index contributed by atoms with van der Waals surface area (Å²) in [6.07, 6.45) is 20.6. The first-order valence-electron chi connectivity index (χ1n) is 14.0. The van der Waals surface area contributed by atoms with E-state index in [1.807, 2.05) is 0 Å². The molecule has 0 amide bonds. The third kappa shape index (κ3) is 15.8. The first-order valence-corrected chi connectivity index (χ1v) is 14.7. The normalized spacial score (nSPS) is 12.8. The van der Waals surface area contributed by atoms with E-state index in [4.69, 9.17) is 33.7 Å². The minimum Gasteiger partial charge on any atom is -0.456 e. The molecular weight excluding hydrogens is 491 g/mol. The van der Waals surface area contributed by atoms with Gasteiger partial charge in [-0.25, -0.2) is 0 Å². The van der Waals surface area contributed by atoms with E-state index in [9.17, 15) is 4.79 Å². The van der Waals surface area contributed by atoms with Crippen LogP contribution >= 0.6 is 23.2 Å². The maximum absolute atomic E-state index is 12.6. The monoisotopic (exact) mass is 540 g/mol. The largest absolute Gasteiger partial charge is 0.456 e. The van der Waals surface area contributed by atoms with Crippen LogP contribution in [0.4, 0.5) is 5.69 Å². The maximum Gasteiger partial charge on any atom is 0.306 e. The summed E-state index contributed by atoms with van der Waals surface area (Å²) in [5.74, 6) is -0.197. The zero-order valence-corrected chi connectivity index (χ0v) is 24.7. The fourth-order valence-electron chi connectivity index (χ4n) is 3.97. The van der Waals surface area contributed by atoms with Gasteiger partial charge in [-0.2, -0.15) is 0 Å². The Morgan fingerprint density at radius 1 is 0.917 bits per heavy atom. The van der Waals surface area contributed by atoms with Crippen molar-refractivity contribution in [1.29, 1.82) is 0 Å². The SMILES string of the molecule is CCCCCCCCC=CCCCCCCCC(=O)OC(CNC(C)(C)C)c1cc(Cl)c(N)c(Cl)c1. The van der Waals surface area contributed by atoms with Crippen molar-refractivity contribution >= 4 is 34.9 Å². The third-order valence-electron chi connectivity index (χ3n) is 6.21. The van der Waals surface area contributed by atoms with Crippen LogP contribution in [0.25, 0.3) is 0 Å². The van der Waals surface area contributed by atoms with Gasteiger partial charge >= 0.3 is 5.97 Å². The van der Waals surface area contributed by atoms with Crippen LogP contribution in [0, 0.1) is 0 Å². The fraction of sp³-hybridized carbons (Fsp3) is 0.700. The molecule has 4 nitrogen and oxygen atoms in total. The zero-order valence-electron chi connectivity index (χ0n) is 23.1. The van der Waals surface area contributed by atoms with Gasteiger partial charge in [-0.05, 0) is 70.6 Å². The van der Waals surface area contributed by atoms with E-state index in [1.54, 1.807) is 12.1 Å². The lowest BCUT2D eigenvalue weighted by atomic mass is 10.1. The lowest BCUT2D eigenvalue weighted by Crippen LogP contribution is -2.39. The Bertz CT molecular complexity index is 752. The number of rotatable bonds is 19. The molecule has 0 fully saturated rings. The smallest absolute Gasteiger partial charge is 0.306 e. The van der Waals surface area contributed by atoms with E-state index in [0.29, 0.717) is 28.7 Å². The maximum atomic E-state index is 12.6. The molecule has 1 aromatic rings. The van der Waals surface area contributed by atoms with E-state index < -0.39 is 6.10 Å². The topological polar surface area (TPSA) is 64.3 Å². The summed E-state index contributed by atoms with van der Waals surface area (Å²) in [6.45, 7) is 8.94. The Kier molecular flexibility index (Phi) is 17.2. The van der Waals surface area contributed by atoms with Crippen molar-refractivity contribution in [3.63, 3.8) is 0 Å². The van der Waals surface area contributed by atoms with E-state index in [2.05, 4.69) is 45.2 Å². The average Bonchev–Trinajstić information content (AvgIpc) is 2.81. The number of ether oxygens (including phenoxy) is 1. The first-order chi connectivity index (χ1) is 17.1. The van der Waals surface area contributed by atoms with Crippen molar-refractivity contribution in [2.24, 2.45) is 0 Å². The second kappa shape index (κ2) is 18.9. The average molecular weight is 542 g/mol. The van der Waals surface area contributed by atoms with Gasteiger partial charge in [0.1, 0.15) is 6.10 Å². The Morgan fingerprint density at radius 2 is 1.42 bits per heavy atom. The number of hydrogen-bond donors (Lipinski definition) is 2. The number of unbranched alkanes of at least 4 members (excludes halogenated alkanes) is 11. The number of esters is 1. The molecule has 0 saturated heterocycles. The van der Waals surface area contributed by atoms with Gasteiger partial charge in [0.25, 0.3) is 0 Å². The molecule has 1 unspecified atom stereocenters. The molecule has 3 N–H and O–H groups in total. The molecule has 0 aliphatic carbocycles. The summed E-state index contributed by atoms with van der Waals surface area (Å²) in [5.41, 5.74) is 6.84. The van der Waals surface area contributed by atoms with Crippen molar-refractivity contribution in [1.82, 2.24) is 5.32 Å². The Morgan fingerprint density at radius 3 is 1.94 bits per heavy atom. The van der Waals surface area contributed by atoms with Gasteiger partial charge in [-0.15, -0.1) is 0 Å². The highest BCUT2D eigenvalue weighted by molar-refractivity contribution is 6.38. The number of anilines is 1. The molecule has 0 aliphatic heterocycles. The molecule has 1 atom stereocenters. The summed E-state index contributed by atoms with van der Waals surface area (Å²) in [7, 11) is 0. The first kappa shape index (κ1) is 32.8. The molecule has 0 spiro atoms. The number of benzene rings is 1. The molecule has 0 heterocycles. The van der Waals surface area contributed by atoms with E-state index in [-0.39, 0.29) is 11.5 Å². The lowest BCUT2D eigenvalue weighted by molar-refractivity contribution is -0.149. The second-order valence-electron chi connectivity index (χ2n) is 10.8. The Hall–Kier alpha value is -1.23. The number of halogens is 2. The number of nitrogen functional groups attached to an aromatic ring is 1. The van der Waals surface area contributed by atoms with Crippen LogP contribution in [0.5, 0.6) is 0 Å². The van der Waals surface area contributed by atoms with Crippen molar-refractivity contribution in [3.05, 3.63) is 39.9 Å². The Balaban J connectivity index is 2.27. The minimum atomic E-state index is -0.476. The van der Waals surface area contributed by atoms with Gasteiger partial charge in [-0.1, -0.05) is 93.6 Å². The van der Waals surface area contributed by atoms with E-state index in [1.165, 1.54) is 57.8 Å². The van der Waals surface area contributed by atoms with Crippen LogP contribution in [0.15, 0.2) is 24.3 Å². The summed E-state index contributed by atoms with van der Waals surface area (Å²) in [4.78, 5) is 12.6. The van der Waals surface area contributed by atoms with Crippen LogP contribution in [0.3, 0.4) is 0 Å². The van der Waals surface area contributed by atoms with Gasteiger partial charge in [0.05, 0.1) is 15.7 Å². The molecule has 36 heavy (non-hydrogen) atoms. The summed E-state index contributed by atoms with van der Waals surface area (Å²) < 4.78 is 5.83. The number of carbonyl (C=O) groups excluding carboxylic acids is 1. The molecule has 1 rings (SSSR count). The molecule has 0 saturated carbocycles. The minimum absolute atomic E-state index is 0.116. The lowest BCUT2D eigenvalue weighted by Gasteiger charge is -2.26. The molecule has 0 aromatic heterocycles. The molecule has 0 bridgehead atoms. The highest BCUT2D eigenvalue weighted by Gasteiger charge is 2.21. The van der Waals surface area contributed by atoms with Gasteiger partial charge < -0.3 is 15.8 Å². The van der Waals surface area contributed by atoms with Crippen molar-refractivity contribution in [2.75, 3.05) is 12.3 Å². The molecule has 206 valence electrons. The molecule has 1 aromatic carbocycles. The molecule has 6 heteroatoms. The standard InChI is InChI=1S/C30H50Cl2N2O2/c1-5-6-7-8-9-10-11-12-13-14-15-16-17-18-19-20-28(35)36-27(23-34-30(2,3)4)24-21-25(31)29(33)26(32)22-24/h12-13,21-22,27,34H,5-11,14-20,23,33H2,1-4H3. The summed E-state index contributed by atoms with van der Waals surface area (Å²) >= 11 is 12.4. The quantitative estimate of drug-likeness (QED) is 0.0792. The number of allylic oxidation sites excluding steroid dienone is 2. The van der Waals surface area contributed by atoms with E-state index >= 15 is 0 Å². The zero-order chi connectivity index (χ0) is 26.8. The fourth-order valence-corrected chi connectivity index (χ4v) is 4.48. The second-order valence-corrected chi connectivity index (χ2v) is 11.7. The molecular formula is C30H50Cl2N2O2. The van der Waals surface area contributed by atoms with Gasteiger partial charge in [0.2, 0.25) is 0 Å². The van der Waals surface area contributed by atoms with Crippen molar-refractivity contribution < 1.29 is 9.53 Å². The summed E-state index contributed by atoms with van der Waals surface area (Å²) in [6, 6.07) is 3.46. The number of nitrogens with one attached hydrogen (secondary N) is 1. The summed E-state index contributed by atoms with van der Waals surface area (Å²) in [5, 5.41) is 4.14. The van der Waals surface area contributed by atoms with Crippen molar-refractivity contribution in [2.45, 2.75) is 129 Å². The number of carbonyl (C=O) groups is 1. The van der Waals surface area contributed by atoms with Crippen LogP contribution in [0.1, 0.15) is 129 Å². The van der Waals surface area contributed by atoms with Crippen LogP contribution in [0.2, 0.25) is 10.0 Å². The van der Waals surface area contributed by atoms with E-state index in [0.717, 1.165) is 31.2 Å². The third-order valence-corrected chi connectivity index (χ3v) is 6.83. The molecule has 0 aliphatic rings. The van der Waals surface area contributed by atoms with Crippen molar-refractivity contribution in [3.8, 4) is 0 Å². The predicted molar refractivity (Wildman–Crippen MR) is 157 cm³/mol. The highest BCUT2D eigenvalue weighted by Crippen LogP contribution is 2.32. The van der Waals surface area contributed by atoms with Crippen LogP contribution in [-0.2, 0) is 9.53 Å². The van der Waals surface area contributed by atoms with Gasteiger partial charge in [-0.3, -0.25) is 4.79 Å². The van der Waals surface area contributed by atoms with Gasteiger partial charge in [0, 0.05) is 18.5 Å². The van der Waals surface area contributed by atoms with Crippen LogP contribution in [-0.4, -0.2) is 18.1 Å². The molecule has 0 radical (unpaired) electrons. The van der Waals surface area contributed by atoms with Crippen LogP contribution < -0.4 is 11.1 Å².